The van der Waals surface area contributed by atoms with Crippen molar-refractivity contribution in [3.63, 3.8) is 0 Å². The minimum absolute atomic E-state index is 0.714. The monoisotopic (exact) mass is 213 g/mol. The summed E-state index contributed by atoms with van der Waals surface area (Å²) < 4.78 is 1.73. The van der Waals surface area contributed by atoms with Crippen molar-refractivity contribution in [3.8, 4) is 11.3 Å². The van der Waals surface area contributed by atoms with Crippen LogP contribution in [-0.2, 0) is 19.9 Å². The Bertz CT molecular complexity index is 521. The molecule has 0 amide bonds. The van der Waals surface area contributed by atoms with Crippen LogP contribution < -0.4 is 5.73 Å². The molecule has 1 aromatic carbocycles. The van der Waals surface area contributed by atoms with Crippen LogP contribution in [0.15, 0.2) is 24.3 Å². The quantitative estimate of drug-likeness (QED) is 0.788. The van der Waals surface area contributed by atoms with Gasteiger partial charge in [-0.3, -0.25) is 4.68 Å². The molecule has 2 N–H and O–H groups in total. The van der Waals surface area contributed by atoms with Crippen LogP contribution in [0.25, 0.3) is 11.3 Å². The minimum Gasteiger partial charge on any atom is -0.384 e. The van der Waals surface area contributed by atoms with E-state index in [1.54, 1.807) is 4.68 Å². The van der Waals surface area contributed by atoms with Gasteiger partial charge in [0, 0.05) is 18.7 Å². The molecule has 1 aliphatic rings. The Morgan fingerprint density at radius 3 is 2.94 bits per heavy atom. The second kappa shape index (κ2) is 3.37. The lowest BCUT2D eigenvalue weighted by Crippen LogP contribution is -1.96. The number of aromatic nitrogens is 2. The Kier molecular flexibility index (Phi) is 1.99. The summed E-state index contributed by atoms with van der Waals surface area (Å²) in [6, 6.07) is 8.43. The molecule has 0 unspecified atom stereocenters. The van der Waals surface area contributed by atoms with Crippen molar-refractivity contribution < 1.29 is 0 Å². The molecule has 0 saturated heterocycles. The lowest BCUT2D eigenvalue weighted by molar-refractivity contribution is 0.782. The van der Waals surface area contributed by atoms with Crippen molar-refractivity contribution in [3.05, 3.63) is 35.4 Å². The van der Waals surface area contributed by atoms with Crippen molar-refractivity contribution in [2.45, 2.75) is 19.3 Å². The average molecular weight is 213 g/mol. The van der Waals surface area contributed by atoms with Gasteiger partial charge in [0.25, 0.3) is 0 Å². The van der Waals surface area contributed by atoms with Crippen molar-refractivity contribution in [1.29, 1.82) is 0 Å². The molecule has 3 heteroatoms. The van der Waals surface area contributed by atoms with Gasteiger partial charge in [0.2, 0.25) is 0 Å². The Morgan fingerprint density at radius 1 is 1.31 bits per heavy atom. The van der Waals surface area contributed by atoms with Crippen molar-refractivity contribution in [1.82, 2.24) is 9.78 Å². The molecular weight excluding hydrogens is 198 g/mol. The number of nitrogens with two attached hydrogens (primary N) is 1. The summed E-state index contributed by atoms with van der Waals surface area (Å²) in [4.78, 5) is 0. The fourth-order valence-electron chi connectivity index (χ4n) is 2.47. The molecule has 0 fully saturated rings. The van der Waals surface area contributed by atoms with Crippen molar-refractivity contribution >= 4 is 5.82 Å². The van der Waals surface area contributed by atoms with Gasteiger partial charge in [-0.1, -0.05) is 18.2 Å². The number of rotatable bonds is 1. The minimum atomic E-state index is 0.714. The first kappa shape index (κ1) is 9.46. The number of benzene rings is 1. The highest BCUT2D eigenvalue weighted by Crippen LogP contribution is 2.32. The second-order valence-corrected chi connectivity index (χ2v) is 4.37. The van der Waals surface area contributed by atoms with E-state index in [1.807, 2.05) is 13.1 Å². The fraction of sp³-hybridized carbons (Fsp3) is 0.308. The van der Waals surface area contributed by atoms with Crippen LogP contribution in [-0.4, -0.2) is 9.78 Å². The van der Waals surface area contributed by atoms with Gasteiger partial charge in [0.1, 0.15) is 5.82 Å². The SMILES string of the molecule is Cn1nc(-c2cccc3c2CCC3)cc1N. The molecule has 0 saturated carbocycles. The first-order valence-electron chi connectivity index (χ1n) is 5.66. The van der Waals surface area contributed by atoms with Crippen molar-refractivity contribution in [2.24, 2.45) is 7.05 Å². The third kappa shape index (κ3) is 1.32. The smallest absolute Gasteiger partial charge is 0.121 e. The van der Waals surface area contributed by atoms with Crippen LogP contribution in [0, 0.1) is 0 Å². The molecule has 0 spiro atoms. The van der Waals surface area contributed by atoms with Crippen LogP contribution in [0.4, 0.5) is 5.82 Å². The lowest BCUT2D eigenvalue weighted by Gasteiger charge is -2.04. The molecule has 16 heavy (non-hydrogen) atoms. The third-order valence-corrected chi connectivity index (χ3v) is 3.34. The highest BCUT2D eigenvalue weighted by molar-refractivity contribution is 5.68. The standard InChI is InChI=1S/C13H15N3/c1-16-13(14)8-12(15-16)11-7-3-5-9-4-2-6-10(9)11/h3,5,7-8H,2,4,6,14H2,1H3. The molecule has 82 valence electrons. The van der Waals surface area contributed by atoms with E-state index in [1.165, 1.54) is 36.0 Å². The van der Waals surface area contributed by atoms with E-state index in [0.29, 0.717) is 5.82 Å². The maximum atomic E-state index is 5.82. The number of fused-ring (bicyclic) bond motifs is 1. The zero-order valence-electron chi connectivity index (χ0n) is 9.40. The second-order valence-electron chi connectivity index (χ2n) is 4.37. The zero-order valence-corrected chi connectivity index (χ0v) is 9.40. The van der Waals surface area contributed by atoms with Crippen LogP contribution >= 0.6 is 0 Å². The Balaban J connectivity index is 2.17. The van der Waals surface area contributed by atoms with Crippen LogP contribution in [0.3, 0.4) is 0 Å². The van der Waals surface area contributed by atoms with E-state index < -0.39 is 0 Å². The predicted molar refractivity (Wildman–Crippen MR) is 65.1 cm³/mol. The van der Waals surface area contributed by atoms with Gasteiger partial charge in [-0.05, 0) is 30.4 Å². The van der Waals surface area contributed by atoms with E-state index in [2.05, 4.69) is 23.3 Å². The van der Waals surface area contributed by atoms with Gasteiger partial charge in [-0.15, -0.1) is 0 Å². The zero-order chi connectivity index (χ0) is 11.1. The van der Waals surface area contributed by atoms with E-state index in [4.69, 9.17) is 5.73 Å². The van der Waals surface area contributed by atoms with Gasteiger partial charge in [-0.25, -0.2) is 0 Å². The Labute approximate surface area is 94.9 Å². The summed E-state index contributed by atoms with van der Waals surface area (Å²) in [5.41, 5.74) is 11.0. The normalized spacial score (nSPS) is 14.1. The first-order valence-corrected chi connectivity index (χ1v) is 5.66. The molecule has 0 radical (unpaired) electrons. The maximum absolute atomic E-state index is 5.82. The van der Waals surface area contributed by atoms with Crippen LogP contribution in [0.2, 0.25) is 0 Å². The summed E-state index contributed by atoms with van der Waals surface area (Å²) >= 11 is 0. The maximum Gasteiger partial charge on any atom is 0.121 e. The summed E-state index contributed by atoms with van der Waals surface area (Å²) in [7, 11) is 1.88. The number of nitrogens with zero attached hydrogens (tertiary/aromatic N) is 2. The Morgan fingerprint density at radius 2 is 2.19 bits per heavy atom. The number of hydrogen-bond acceptors (Lipinski definition) is 2. The van der Waals surface area contributed by atoms with Gasteiger partial charge < -0.3 is 5.73 Å². The molecule has 3 rings (SSSR count). The summed E-state index contributed by atoms with van der Waals surface area (Å²) in [5.74, 6) is 0.714. The molecule has 2 aromatic rings. The third-order valence-electron chi connectivity index (χ3n) is 3.34. The number of hydrogen-bond donors (Lipinski definition) is 1. The van der Waals surface area contributed by atoms with E-state index in [9.17, 15) is 0 Å². The van der Waals surface area contributed by atoms with Gasteiger partial charge in [-0.2, -0.15) is 5.10 Å². The summed E-state index contributed by atoms with van der Waals surface area (Å²) in [5, 5.41) is 4.45. The van der Waals surface area contributed by atoms with Crippen LogP contribution in [0.1, 0.15) is 17.5 Å². The van der Waals surface area contributed by atoms with Gasteiger partial charge in [0.15, 0.2) is 0 Å². The molecule has 0 bridgehead atoms. The largest absolute Gasteiger partial charge is 0.384 e. The number of aryl methyl sites for hydroxylation is 2. The van der Waals surface area contributed by atoms with E-state index in [0.717, 1.165) is 5.69 Å². The Hall–Kier alpha value is -1.77. The summed E-state index contributed by atoms with van der Waals surface area (Å²) in [6.45, 7) is 0. The molecule has 0 atom stereocenters. The lowest BCUT2D eigenvalue weighted by atomic mass is 10.0. The fourth-order valence-corrected chi connectivity index (χ4v) is 2.47. The molecular formula is C13H15N3. The highest BCUT2D eigenvalue weighted by atomic mass is 15.3. The van der Waals surface area contributed by atoms with E-state index >= 15 is 0 Å². The topological polar surface area (TPSA) is 43.8 Å². The van der Waals surface area contributed by atoms with Gasteiger partial charge >= 0.3 is 0 Å². The molecule has 1 heterocycles. The predicted octanol–water partition coefficient (Wildman–Crippen LogP) is 2.16. The number of anilines is 1. The van der Waals surface area contributed by atoms with Gasteiger partial charge in [0.05, 0.1) is 5.69 Å². The van der Waals surface area contributed by atoms with Crippen LogP contribution in [0.5, 0.6) is 0 Å². The molecule has 1 aliphatic carbocycles. The van der Waals surface area contributed by atoms with Crippen molar-refractivity contribution in [2.75, 3.05) is 5.73 Å². The summed E-state index contributed by atoms with van der Waals surface area (Å²) in [6.07, 6.45) is 3.63. The number of nitrogen functional groups attached to an aromatic ring is 1. The highest BCUT2D eigenvalue weighted by Gasteiger charge is 2.16. The van der Waals surface area contributed by atoms with E-state index in [-0.39, 0.29) is 0 Å². The molecule has 1 aromatic heterocycles. The molecule has 0 aliphatic heterocycles. The molecule has 3 nitrogen and oxygen atoms in total. The first-order chi connectivity index (χ1) is 7.75. The average Bonchev–Trinajstić information content (AvgIpc) is 2.85.